The quantitative estimate of drug-likeness (QED) is 0.00714. The van der Waals surface area contributed by atoms with Gasteiger partial charge in [0, 0.05) is 69.3 Å². The van der Waals surface area contributed by atoms with Crippen LogP contribution in [-0.2, 0) is 63.8 Å². The number of allylic oxidation sites excluding steroid dienone is 2. The summed E-state index contributed by atoms with van der Waals surface area (Å²) >= 11 is 0. The molecule has 23 nitrogen and oxygen atoms in total. The van der Waals surface area contributed by atoms with E-state index in [1.54, 1.807) is 37.3 Å². The summed E-state index contributed by atoms with van der Waals surface area (Å²) in [6.45, 7) is 13.1. The van der Waals surface area contributed by atoms with Gasteiger partial charge in [0.05, 0.1) is 43.5 Å². The lowest BCUT2D eigenvalue weighted by molar-refractivity contribution is -0.144. The van der Waals surface area contributed by atoms with E-state index in [1.807, 2.05) is 64.1 Å². The number of primary amides is 1. The van der Waals surface area contributed by atoms with Crippen LogP contribution in [0.5, 0.6) is 0 Å². The first-order chi connectivity index (χ1) is 44.5. The van der Waals surface area contributed by atoms with Crippen molar-refractivity contribution in [3.8, 4) is 11.1 Å². The zero-order valence-corrected chi connectivity index (χ0v) is 54.4. The van der Waals surface area contributed by atoms with Crippen molar-refractivity contribution in [2.45, 2.75) is 186 Å². The molecule has 1 spiro atoms. The fourth-order valence-corrected chi connectivity index (χ4v) is 12.1. The third-order valence-electron chi connectivity index (χ3n) is 17.3. The second-order valence-corrected chi connectivity index (χ2v) is 25.2. The second-order valence-electron chi connectivity index (χ2n) is 25.2. The van der Waals surface area contributed by atoms with Crippen LogP contribution < -0.4 is 37.6 Å². The monoisotopic (exact) mass is 1290 g/mol. The van der Waals surface area contributed by atoms with E-state index >= 15 is 0 Å². The van der Waals surface area contributed by atoms with Gasteiger partial charge in [-0.3, -0.25) is 28.8 Å². The number of hydrogen-bond donors (Lipinski definition) is 8. The van der Waals surface area contributed by atoms with Crippen LogP contribution in [0.1, 0.15) is 142 Å². The molecule has 0 unspecified atom stereocenters. The lowest BCUT2D eigenvalue weighted by atomic mass is 9.87. The molecule has 3 aromatic carbocycles. The molecule has 3 fully saturated rings. The number of anilines is 1. The molecule has 1 aliphatic carbocycles. The van der Waals surface area contributed by atoms with E-state index in [-0.39, 0.29) is 111 Å². The van der Waals surface area contributed by atoms with Gasteiger partial charge in [0.1, 0.15) is 37.1 Å². The number of fused-ring (bicyclic) bond motifs is 3. The highest BCUT2D eigenvalue weighted by Gasteiger charge is 2.58. The molecule has 0 saturated carbocycles. The van der Waals surface area contributed by atoms with Crippen molar-refractivity contribution in [3.63, 3.8) is 0 Å². The van der Waals surface area contributed by atoms with Gasteiger partial charge in [0.2, 0.25) is 17.7 Å². The summed E-state index contributed by atoms with van der Waals surface area (Å²) in [7, 11) is 0. The second kappa shape index (κ2) is 35.1. The number of aliphatic hydroxyl groups excluding tert-OH is 1. The van der Waals surface area contributed by atoms with Crippen LogP contribution in [0, 0.1) is 17.8 Å². The lowest BCUT2D eigenvalue weighted by Gasteiger charge is -2.39. The van der Waals surface area contributed by atoms with Gasteiger partial charge in [-0.05, 0) is 117 Å². The number of ketones is 2. The topological polar surface area (TPSA) is 331 Å². The molecule has 23 heteroatoms. The number of epoxide rings is 1. The number of hydrogen-bond acceptors (Lipinski definition) is 16. The molecule has 0 bridgehead atoms. The third-order valence-corrected chi connectivity index (χ3v) is 17.3. The maximum absolute atomic E-state index is 13.9. The number of ether oxygens (including phenoxy) is 6. The van der Waals surface area contributed by atoms with E-state index in [4.69, 9.17) is 34.2 Å². The number of alkyl carbamates (subject to hydrolysis) is 2. The van der Waals surface area contributed by atoms with Gasteiger partial charge in [0.15, 0.2) is 11.6 Å². The van der Waals surface area contributed by atoms with E-state index in [2.05, 4.69) is 63.1 Å². The number of carbonyl (C=O) groups is 9. The number of rotatable bonds is 33. The highest BCUT2D eigenvalue weighted by atomic mass is 16.6. The Bertz CT molecular complexity index is 3130. The van der Waals surface area contributed by atoms with Crippen molar-refractivity contribution >= 4 is 59.2 Å². The summed E-state index contributed by atoms with van der Waals surface area (Å²) in [5.74, 6) is -3.15. The van der Waals surface area contributed by atoms with Crippen LogP contribution in [0.4, 0.5) is 20.1 Å². The zero-order chi connectivity index (χ0) is 67.2. The van der Waals surface area contributed by atoms with E-state index in [9.17, 15) is 48.3 Å². The number of carbonyl (C=O) groups excluding carboxylic acids is 9. The molecule has 3 saturated heterocycles. The number of amides is 7. The van der Waals surface area contributed by atoms with Crippen LogP contribution in [0.2, 0.25) is 0 Å². The minimum atomic E-state index is -0.958. The maximum atomic E-state index is 13.9. The summed E-state index contributed by atoms with van der Waals surface area (Å²) in [6, 6.07) is 21.0. The Morgan fingerprint density at radius 2 is 1.48 bits per heavy atom. The molecular formula is C70H93N7O16. The molecule has 93 heavy (non-hydrogen) atoms. The minimum absolute atomic E-state index is 0.0455. The first kappa shape index (κ1) is 72.2. The van der Waals surface area contributed by atoms with E-state index < -0.39 is 72.1 Å². The van der Waals surface area contributed by atoms with Gasteiger partial charge in [0.25, 0.3) is 0 Å². The fourth-order valence-electron chi connectivity index (χ4n) is 12.1. The van der Waals surface area contributed by atoms with Gasteiger partial charge in [-0.25, -0.2) is 14.4 Å². The van der Waals surface area contributed by atoms with Crippen LogP contribution in [0.15, 0.2) is 109 Å². The summed E-state index contributed by atoms with van der Waals surface area (Å²) < 4.78 is 34.3. The Kier molecular flexibility index (Phi) is 27.3. The van der Waals surface area contributed by atoms with Gasteiger partial charge >= 0.3 is 24.2 Å². The average molecular weight is 1290 g/mol. The summed E-state index contributed by atoms with van der Waals surface area (Å²) in [5, 5.41) is 27.7. The lowest BCUT2D eigenvalue weighted by Crippen LogP contribution is -2.50. The molecule has 0 radical (unpaired) electrons. The van der Waals surface area contributed by atoms with Crippen molar-refractivity contribution in [1.82, 2.24) is 26.6 Å². The van der Waals surface area contributed by atoms with Crippen LogP contribution >= 0.6 is 0 Å². The fraction of sp³-hybridized carbons (Fsp3) is 0.529. The van der Waals surface area contributed by atoms with E-state index in [0.717, 1.165) is 27.8 Å². The van der Waals surface area contributed by atoms with E-state index in [0.29, 0.717) is 69.3 Å². The molecule has 3 aromatic rings. The largest absolute Gasteiger partial charge is 0.459 e. The SMILES string of the molecule is CC(=O)O[C@@H](C)/C=C\C(=O)N[C@@H]1C[C@H](C)[C@H](C/C=C(C)/C=C/[C@H]2O[C@H](CC(=O)CNC(=O)OCc3ccc(NC(=O)[C@H](CCCNC(N)=O)CC(=O)[C@@H](NC(=O)CCCCCNC(=O)OCC4c5ccccc5-c5ccccc54)C(C)C)cc3)C[C@@]3(CO3)[C@@H]2O)O[C@@H]1C. The Labute approximate surface area is 544 Å². The Hall–Kier alpha value is -8.25. The normalized spacial score (nSPS) is 22.6. The Morgan fingerprint density at radius 1 is 0.806 bits per heavy atom. The first-order valence-electron chi connectivity index (χ1n) is 32.4. The number of nitrogens with two attached hydrogens (primary N) is 1. The molecule has 9 N–H and O–H groups in total. The molecule has 4 aliphatic rings. The van der Waals surface area contributed by atoms with Gasteiger partial charge in [-0.1, -0.05) is 112 Å². The summed E-state index contributed by atoms with van der Waals surface area (Å²) in [5.41, 5.74) is 10.9. The highest BCUT2D eigenvalue weighted by molar-refractivity contribution is 5.97. The molecule has 3 heterocycles. The zero-order valence-electron chi connectivity index (χ0n) is 54.4. The van der Waals surface area contributed by atoms with Crippen molar-refractivity contribution < 1.29 is 76.7 Å². The molecule has 7 rings (SSSR count). The first-order valence-corrected chi connectivity index (χ1v) is 32.4. The summed E-state index contributed by atoms with van der Waals surface area (Å²) in [4.78, 5) is 115. The smallest absolute Gasteiger partial charge is 0.407 e. The molecule has 0 aromatic heterocycles. The van der Waals surface area contributed by atoms with Crippen molar-refractivity contribution in [1.29, 1.82) is 0 Å². The third kappa shape index (κ3) is 22.5. The molecule has 3 aliphatic heterocycles. The molecular weight excluding hydrogens is 1190 g/mol. The predicted molar refractivity (Wildman–Crippen MR) is 347 cm³/mol. The average Bonchev–Trinajstić information content (AvgIpc) is 1.62. The molecule has 504 valence electrons. The maximum Gasteiger partial charge on any atom is 0.407 e. The number of Topliss-reactive ketones (excluding diaryl/α,β-unsaturated/α-hetero) is 2. The number of esters is 1. The standard InChI is InChI=1S/C70H93N7O16/c1-42(2)64(77-62(81)21-9-8-14-32-73-68(86)89-40-57-55-19-12-10-17-53(55)54-18-11-13-20-56(54)57)59(80)35-49(16-15-33-72-67(71)85)66(84)75-50-27-25-48(26-28-50)39-88-69(87)74-38-51(79)36-52-37-70(41-90-70)65(83)61(93-52)30-23-43(3)22-29-60-44(4)34-58(46(6)92-60)76-63(82)31-24-45(5)91-47(7)78/h10-13,17-20,22-28,30-31,42,44-46,49,52,57-58,60-61,64-65,83H,8-9,14-16,21,29,32-41H2,1-7H3,(H,73,86)(H,74,87)(H,75,84)(H,76,82)(H,77,81)(H3,71,72,85)/b30-23+,31-24-,43-22+/t44-,45-,46+,49+,52+,58+,60-,61+,64-,65+,70+/m0/s1. The molecule has 11 atom stereocenters. The Morgan fingerprint density at radius 3 is 2.15 bits per heavy atom. The van der Waals surface area contributed by atoms with Gasteiger partial charge in [-0.2, -0.15) is 0 Å². The van der Waals surface area contributed by atoms with Crippen molar-refractivity contribution in [3.05, 3.63) is 125 Å². The van der Waals surface area contributed by atoms with Gasteiger partial charge < -0.3 is 71.2 Å². The number of aliphatic hydroxyl groups is 1. The van der Waals surface area contributed by atoms with E-state index in [1.165, 1.54) is 19.1 Å². The Balaban J connectivity index is 0.791. The van der Waals surface area contributed by atoms with Crippen molar-refractivity contribution in [2.75, 3.05) is 38.2 Å². The van der Waals surface area contributed by atoms with Crippen LogP contribution in [-0.4, -0.2) is 146 Å². The summed E-state index contributed by atoms with van der Waals surface area (Å²) in [6.07, 6.45) is 7.93. The highest BCUT2D eigenvalue weighted by Crippen LogP contribution is 2.45. The number of urea groups is 1. The molecule has 7 amide bonds. The number of unbranched alkanes of at least 4 members (excludes halogenated alkanes) is 2. The van der Waals surface area contributed by atoms with Crippen molar-refractivity contribution in [2.24, 2.45) is 23.5 Å². The predicted octanol–water partition coefficient (Wildman–Crippen LogP) is 8.06. The van der Waals surface area contributed by atoms with Gasteiger partial charge in [-0.15, -0.1) is 0 Å². The van der Waals surface area contributed by atoms with Crippen LogP contribution in [0.3, 0.4) is 0 Å². The number of benzene rings is 3. The number of nitrogens with one attached hydrogen (secondary N) is 6. The van der Waals surface area contributed by atoms with Crippen LogP contribution in [0.25, 0.3) is 11.1 Å². The minimum Gasteiger partial charge on any atom is -0.459 e.